The standard InChI is InChI=1S/C14H17N3O4S2/c1-17(2)23(20,21)14-9-5-12(6-10-14)16-22(18,19)13-7-3-11(15)4-8-13/h3-10,16H,15H2,1-2H3. The molecule has 0 saturated heterocycles. The second-order valence-electron chi connectivity index (χ2n) is 4.99. The number of anilines is 2. The van der Waals surface area contributed by atoms with Crippen molar-refractivity contribution in [2.45, 2.75) is 9.79 Å². The summed E-state index contributed by atoms with van der Waals surface area (Å²) < 4.78 is 51.8. The minimum atomic E-state index is -3.76. The first-order valence-corrected chi connectivity index (χ1v) is 9.46. The molecule has 0 saturated carbocycles. The molecule has 0 amide bonds. The Kier molecular flexibility index (Phi) is 4.64. The molecule has 2 rings (SSSR count). The highest BCUT2D eigenvalue weighted by Gasteiger charge is 2.18. The van der Waals surface area contributed by atoms with Gasteiger partial charge in [-0.25, -0.2) is 21.1 Å². The molecule has 0 aliphatic heterocycles. The molecule has 7 nitrogen and oxygen atoms in total. The Bertz CT molecular complexity index is 888. The lowest BCUT2D eigenvalue weighted by molar-refractivity contribution is 0.521. The number of hydrogen-bond acceptors (Lipinski definition) is 5. The third kappa shape index (κ3) is 3.81. The quantitative estimate of drug-likeness (QED) is 0.786. The SMILES string of the molecule is CN(C)S(=O)(=O)c1ccc(NS(=O)(=O)c2ccc(N)cc2)cc1. The van der Waals surface area contributed by atoms with Crippen LogP contribution in [0.3, 0.4) is 0 Å². The number of nitrogens with two attached hydrogens (primary N) is 1. The maximum Gasteiger partial charge on any atom is 0.261 e. The highest BCUT2D eigenvalue weighted by molar-refractivity contribution is 7.92. The zero-order chi connectivity index (χ0) is 17.3. The van der Waals surface area contributed by atoms with Crippen LogP contribution in [0.4, 0.5) is 11.4 Å². The van der Waals surface area contributed by atoms with E-state index in [9.17, 15) is 16.8 Å². The summed E-state index contributed by atoms with van der Waals surface area (Å²) in [6, 6.07) is 11.2. The second-order valence-corrected chi connectivity index (χ2v) is 8.82. The molecule has 0 bridgehead atoms. The van der Waals surface area contributed by atoms with E-state index in [0.717, 1.165) is 4.31 Å². The topological polar surface area (TPSA) is 110 Å². The van der Waals surface area contributed by atoms with Crippen molar-refractivity contribution in [3.05, 3.63) is 48.5 Å². The molecule has 0 atom stereocenters. The van der Waals surface area contributed by atoms with Gasteiger partial charge in [-0.05, 0) is 48.5 Å². The van der Waals surface area contributed by atoms with Crippen LogP contribution in [-0.2, 0) is 20.0 Å². The molecule has 124 valence electrons. The third-order valence-corrected chi connectivity index (χ3v) is 6.30. The van der Waals surface area contributed by atoms with Gasteiger partial charge in [-0.2, -0.15) is 0 Å². The van der Waals surface area contributed by atoms with E-state index >= 15 is 0 Å². The number of benzene rings is 2. The summed E-state index contributed by atoms with van der Waals surface area (Å²) in [5.41, 5.74) is 6.25. The van der Waals surface area contributed by atoms with Crippen molar-refractivity contribution < 1.29 is 16.8 Å². The van der Waals surface area contributed by atoms with Crippen LogP contribution in [0.1, 0.15) is 0 Å². The Balaban J connectivity index is 2.26. The van der Waals surface area contributed by atoms with Gasteiger partial charge < -0.3 is 5.73 Å². The first-order chi connectivity index (χ1) is 10.6. The summed E-state index contributed by atoms with van der Waals surface area (Å²) in [5, 5.41) is 0. The third-order valence-electron chi connectivity index (χ3n) is 3.08. The Morgan fingerprint density at radius 2 is 1.30 bits per heavy atom. The molecule has 0 fully saturated rings. The summed E-state index contributed by atoms with van der Waals surface area (Å²) in [5.74, 6) is 0. The minimum Gasteiger partial charge on any atom is -0.399 e. The maximum atomic E-state index is 12.2. The molecule has 0 unspecified atom stereocenters. The summed E-state index contributed by atoms with van der Waals surface area (Å²) in [7, 11) is -4.46. The van der Waals surface area contributed by atoms with Gasteiger partial charge in [-0.15, -0.1) is 0 Å². The Morgan fingerprint density at radius 1 is 0.826 bits per heavy atom. The van der Waals surface area contributed by atoms with Gasteiger partial charge in [0, 0.05) is 25.5 Å². The number of rotatable bonds is 5. The van der Waals surface area contributed by atoms with Crippen LogP contribution in [0.5, 0.6) is 0 Å². The molecule has 2 aromatic rings. The fourth-order valence-corrected chi connectivity index (χ4v) is 3.73. The Hall–Kier alpha value is -2.10. The molecule has 23 heavy (non-hydrogen) atoms. The van der Waals surface area contributed by atoms with Gasteiger partial charge in [0.15, 0.2) is 0 Å². The van der Waals surface area contributed by atoms with Crippen LogP contribution in [0, 0.1) is 0 Å². The average Bonchev–Trinajstić information content (AvgIpc) is 2.47. The molecule has 0 radical (unpaired) electrons. The van der Waals surface area contributed by atoms with Crippen molar-refractivity contribution >= 4 is 31.4 Å². The highest BCUT2D eigenvalue weighted by atomic mass is 32.2. The molecule has 2 aromatic carbocycles. The van der Waals surface area contributed by atoms with Gasteiger partial charge in [-0.3, -0.25) is 4.72 Å². The van der Waals surface area contributed by atoms with Crippen molar-refractivity contribution in [3.8, 4) is 0 Å². The normalized spacial score (nSPS) is 12.3. The van der Waals surface area contributed by atoms with Crippen molar-refractivity contribution in [2.24, 2.45) is 0 Å². The van der Waals surface area contributed by atoms with Gasteiger partial charge in [0.2, 0.25) is 10.0 Å². The van der Waals surface area contributed by atoms with Crippen LogP contribution >= 0.6 is 0 Å². The van der Waals surface area contributed by atoms with E-state index in [0.29, 0.717) is 5.69 Å². The van der Waals surface area contributed by atoms with E-state index < -0.39 is 20.0 Å². The Morgan fingerprint density at radius 3 is 1.78 bits per heavy atom. The van der Waals surface area contributed by atoms with Crippen molar-refractivity contribution in [1.29, 1.82) is 0 Å². The lowest BCUT2D eigenvalue weighted by Gasteiger charge is -2.12. The van der Waals surface area contributed by atoms with Crippen LogP contribution in [0.2, 0.25) is 0 Å². The average molecular weight is 355 g/mol. The van der Waals surface area contributed by atoms with E-state index in [1.54, 1.807) is 0 Å². The zero-order valence-electron chi connectivity index (χ0n) is 12.6. The molecule has 0 aromatic heterocycles. The molecule has 0 spiro atoms. The second kappa shape index (κ2) is 6.19. The van der Waals surface area contributed by atoms with E-state index in [4.69, 9.17) is 5.73 Å². The van der Waals surface area contributed by atoms with Gasteiger partial charge in [0.1, 0.15) is 0 Å². The van der Waals surface area contributed by atoms with Gasteiger partial charge >= 0.3 is 0 Å². The molecule has 9 heteroatoms. The van der Waals surface area contributed by atoms with Gasteiger partial charge in [0.25, 0.3) is 10.0 Å². The smallest absolute Gasteiger partial charge is 0.261 e. The molecule has 0 aliphatic carbocycles. The predicted molar refractivity (Wildman–Crippen MR) is 89.0 cm³/mol. The lowest BCUT2D eigenvalue weighted by Crippen LogP contribution is -2.22. The van der Waals surface area contributed by atoms with Crippen molar-refractivity contribution in [1.82, 2.24) is 4.31 Å². The van der Waals surface area contributed by atoms with Gasteiger partial charge in [-0.1, -0.05) is 0 Å². The fraction of sp³-hybridized carbons (Fsp3) is 0.143. The number of nitrogens with one attached hydrogen (secondary N) is 1. The number of sulfonamides is 2. The van der Waals surface area contributed by atoms with E-state index in [-0.39, 0.29) is 15.5 Å². The van der Waals surface area contributed by atoms with Crippen LogP contribution in [0.15, 0.2) is 58.3 Å². The van der Waals surface area contributed by atoms with Crippen molar-refractivity contribution in [2.75, 3.05) is 24.6 Å². The summed E-state index contributed by atoms with van der Waals surface area (Å²) in [4.78, 5) is 0.148. The highest BCUT2D eigenvalue weighted by Crippen LogP contribution is 2.20. The minimum absolute atomic E-state index is 0.0664. The Labute approximate surface area is 135 Å². The predicted octanol–water partition coefficient (Wildman–Crippen LogP) is 1.32. The first-order valence-electron chi connectivity index (χ1n) is 6.54. The molecule has 0 aliphatic rings. The first kappa shape index (κ1) is 17.3. The molecular weight excluding hydrogens is 338 g/mol. The number of nitrogen functional groups attached to an aromatic ring is 1. The number of hydrogen-bond donors (Lipinski definition) is 2. The van der Waals surface area contributed by atoms with E-state index in [1.807, 2.05) is 0 Å². The fourth-order valence-electron chi connectivity index (χ4n) is 1.77. The molecular formula is C14H17N3O4S2. The summed E-state index contributed by atoms with van der Waals surface area (Å²) in [6.07, 6.45) is 0. The maximum absolute atomic E-state index is 12.2. The molecule has 3 N–H and O–H groups in total. The van der Waals surface area contributed by atoms with Crippen molar-refractivity contribution in [3.63, 3.8) is 0 Å². The zero-order valence-corrected chi connectivity index (χ0v) is 14.2. The molecule has 0 heterocycles. The van der Waals surface area contributed by atoms with Gasteiger partial charge in [0.05, 0.1) is 9.79 Å². The number of nitrogens with zero attached hydrogens (tertiary/aromatic N) is 1. The van der Waals surface area contributed by atoms with E-state index in [2.05, 4.69) is 4.72 Å². The summed E-state index contributed by atoms with van der Waals surface area (Å²) >= 11 is 0. The van der Waals surface area contributed by atoms with Crippen LogP contribution in [-0.4, -0.2) is 35.2 Å². The van der Waals surface area contributed by atoms with Crippen LogP contribution < -0.4 is 10.5 Å². The monoisotopic (exact) mass is 355 g/mol. The largest absolute Gasteiger partial charge is 0.399 e. The summed E-state index contributed by atoms with van der Waals surface area (Å²) in [6.45, 7) is 0. The van der Waals surface area contributed by atoms with Crippen LogP contribution in [0.25, 0.3) is 0 Å². The van der Waals surface area contributed by atoms with E-state index in [1.165, 1.54) is 62.6 Å². The lowest BCUT2D eigenvalue weighted by atomic mass is 10.3.